The molecule has 1 N–H and O–H groups in total. The fourth-order valence-electron chi connectivity index (χ4n) is 2.76. The van der Waals surface area contributed by atoms with Crippen molar-refractivity contribution in [2.24, 2.45) is 0 Å². The molecule has 0 spiro atoms. The molecule has 1 aromatic rings. The molecule has 3 rings (SSSR count). The van der Waals surface area contributed by atoms with Crippen molar-refractivity contribution in [3.63, 3.8) is 0 Å². The van der Waals surface area contributed by atoms with Gasteiger partial charge in [0.1, 0.15) is 6.04 Å². The summed E-state index contributed by atoms with van der Waals surface area (Å²) in [5.41, 5.74) is 2.62. The average Bonchev–Trinajstić information content (AvgIpc) is 2.72. The lowest BCUT2D eigenvalue weighted by Gasteiger charge is -2.29. The molecule has 1 atom stereocenters. The number of amides is 3. The van der Waals surface area contributed by atoms with Crippen molar-refractivity contribution in [3.8, 4) is 0 Å². The molecule has 1 unspecified atom stereocenters. The fourth-order valence-corrected chi connectivity index (χ4v) is 3.13. The van der Waals surface area contributed by atoms with E-state index < -0.39 is 6.04 Å². The maximum absolute atomic E-state index is 12.4. The van der Waals surface area contributed by atoms with E-state index in [0.717, 1.165) is 15.6 Å². The van der Waals surface area contributed by atoms with Crippen LogP contribution in [-0.4, -0.2) is 28.7 Å². The number of halogens is 1. The zero-order chi connectivity index (χ0) is 14.4. The molecule has 5 nitrogen and oxygen atoms in total. The van der Waals surface area contributed by atoms with Crippen LogP contribution in [0.3, 0.4) is 0 Å². The Hall–Kier alpha value is -1.69. The van der Waals surface area contributed by atoms with Crippen molar-refractivity contribution < 1.29 is 14.4 Å². The molecule has 6 heteroatoms. The van der Waals surface area contributed by atoms with Crippen LogP contribution in [0.1, 0.15) is 34.3 Å². The Morgan fingerprint density at radius 3 is 2.75 bits per heavy atom. The van der Waals surface area contributed by atoms with Crippen molar-refractivity contribution in [2.45, 2.75) is 32.4 Å². The molecule has 1 aromatic carbocycles. The smallest absolute Gasteiger partial charge is 0.255 e. The highest BCUT2D eigenvalue weighted by molar-refractivity contribution is 9.10. The van der Waals surface area contributed by atoms with E-state index >= 15 is 0 Å². The monoisotopic (exact) mass is 336 g/mol. The van der Waals surface area contributed by atoms with Crippen molar-refractivity contribution in [3.05, 3.63) is 33.3 Å². The van der Waals surface area contributed by atoms with E-state index in [1.807, 2.05) is 13.0 Å². The zero-order valence-corrected chi connectivity index (χ0v) is 12.5. The molecule has 0 bridgehead atoms. The van der Waals surface area contributed by atoms with Crippen molar-refractivity contribution in [2.75, 3.05) is 0 Å². The Bertz CT molecular complexity index is 642. The van der Waals surface area contributed by atoms with Gasteiger partial charge in [-0.1, -0.05) is 15.9 Å². The summed E-state index contributed by atoms with van der Waals surface area (Å²) < 4.78 is 0.953. The minimum Gasteiger partial charge on any atom is -0.322 e. The number of fused-ring (bicyclic) bond motifs is 1. The summed E-state index contributed by atoms with van der Waals surface area (Å²) in [4.78, 5) is 37.1. The number of nitrogens with zero attached hydrogens (tertiary/aromatic N) is 1. The first kappa shape index (κ1) is 13.3. The third-order valence-corrected chi connectivity index (χ3v) is 4.80. The SMILES string of the molecule is Cc1c(Br)ccc2c1CN(C1CCC(=O)NC1=O)C2=O. The molecule has 2 aliphatic heterocycles. The Morgan fingerprint density at radius 1 is 1.30 bits per heavy atom. The number of carbonyl (C=O) groups is 3. The molecule has 2 aliphatic rings. The summed E-state index contributed by atoms with van der Waals surface area (Å²) >= 11 is 3.45. The number of rotatable bonds is 1. The van der Waals surface area contributed by atoms with Gasteiger partial charge in [-0.2, -0.15) is 0 Å². The summed E-state index contributed by atoms with van der Waals surface area (Å²) in [6.07, 6.45) is 0.670. The average molecular weight is 337 g/mol. The molecule has 104 valence electrons. The molecular weight excluding hydrogens is 324 g/mol. The van der Waals surface area contributed by atoms with E-state index in [0.29, 0.717) is 18.5 Å². The van der Waals surface area contributed by atoms with Crippen LogP contribution < -0.4 is 5.32 Å². The minimum atomic E-state index is -0.550. The first-order valence-corrected chi connectivity index (χ1v) is 7.21. The summed E-state index contributed by atoms with van der Waals surface area (Å²) in [5, 5.41) is 2.30. The van der Waals surface area contributed by atoms with Gasteiger partial charge >= 0.3 is 0 Å². The van der Waals surface area contributed by atoms with Gasteiger partial charge in [-0.15, -0.1) is 0 Å². The summed E-state index contributed by atoms with van der Waals surface area (Å²) in [7, 11) is 0. The van der Waals surface area contributed by atoms with Gasteiger partial charge in [0, 0.05) is 23.0 Å². The summed E-state index contributed by atoms with van der Waals surface area (Å²) in [6, 6.07) is 3.08. The molecule has 1 saturated heterocycles. The standard InChI is InChI=1S/C14H13BrN2O3/c1-7-9-6-17(11-4-5-12(18)16-13(11)19)14(20)8(9)2-3-10(7)15/h2-3,11H,4-6H2,1H3,(H,16,18,19). The van der Waals surface area contributed by atoms with Crippen LogP contribution in [0.25, 0.3) is 0 Å². The van der Waals surface area contributed by atoms with Gasteiger partial charge < -0.3 is 4.90 Å². The third kappa shape index (κ3) is 1.95. The normalized spacial score (nSPS) is 22.0. The lowest BCUT2D eigenvalue weighted by molar-refractivity contribution is -0.136. The van der Waals surface area contributed by atoms with Crippen LogP contribution in [0.2, 0.25) is 0 Å². The highest BCUT2D eigenvalue weighted by Crippen LogP contribution is 2.32. The van der Waals surface area contributed by atoms with Crippen LogP contribution in [-0.2, 0) is 16.1 Å². The van der Waals surface area contributed by atoms with E-state index in [9.17, 15) is 14.4 Å². The highest BCUT2D eigenvalue weighted by atomic mass is 79.9. The molecule has 3 amide bonds. The van der Waals surface area contributed by atoms with E-state index in [1.165, 1.54) is 0 Å². The van der Waals surface area contributed by atoms with Gasteiger partial charge in [0.05, 0.1) is 0 Å². The number of benzene rings is 1. The first-order valence-electron chi connectivity index (χ1n) is 6.41. The molecule has 0 saturated carbocycles. The molecule has 0 aliphatic carbocycles. The van der Waals surface area contributed by atoms with Crippen molar-refractivity contribution >= 4 is 33.7 Å². The maximum Gasteiger partial charge on any atom is 0.255 e. The third-order valence-electron chi connectivity index (χ3n) is 3.94. The number of imide groups is 1. The van der Waals surface area contributed by atoms with Gasteiger partial charge in [-0.05, 0) is 36.6 Å². The van der Waals surface area contributed by atoms with Crippen LogP contribution in [0, 0.1) is 6.92 Å². The number of piperidine rings is 1. The van der Waals surface area contributed by atoms with Crippen LogP contribution in [0.4, 0.5) is 0 Å². The second kappa shape index (κ2) is 4.70. The lowest BCUT2D eigenvalue weighted by atomic mass is 10.0. The maximum atomic E-state index is 12.4. The van der Waals surface area contributed by atoms with Crippen molar-refractivity contribution in [1.82, 2.24) is 10.2 Å². The van der Waals surface area contributed by atoms with Gasteiger partial charge in [0.25, 0.3) is 5.91 Å². The Labute approximate surface area is 124 Å². The molecule has 2 heterocycles. The van der Waals surface area contributed by atoms with E-state index in [2.05, 4.69) is 21.2 Å². The number of carbonyl (C=O) groups excluding carboxylic acids is 3. The molecule has 0 aromatic heterocycles. The summed E-state index contributed by atoms with van der Waals surface area (Å²) in [6.45, 7) is 2.37. The molecule has 1 fully saturated rings. The quantitative estimate of drug-likeness (QED) is 0.790. The van der Waals surface area contributed by atoms with Crippen LogP contribution in [0.5, 0.6) is 0 Å². The van der Waals surface area contributed by atoms with Gasteiger partial charge in [0.2, 0.25) is 11.8 Å². The fraction of sp³-hybridized carbons (Fsp3) is 0.357. The number of nitrogens with one attached hydrogen (secondary N) is 1. The van der Waals surface area contributed by atoms with Crippen LogP contribution in [0.15, 0.2) is 16.6 Å². The van der Waals surface area contributed by atoms with Gasteiger partial charge in [0.15, 0.2) is 0 Å². The summed E-state index contributed by atoms with van der Waals surface area (Å²) in [5.74, 6) is -0.779. The second-order valence-corrected chi connectivity index (χ2v) is 5.95. The zero-order valence-electron chi connectivity index (χ0n) is 10.9. The second-order valence-electron chi connectivity index (χ2n) is 5.10. The van der Waals surface area contributed by atoms with E-state index in [-0.39, 0.29) is 24.1 Å². The largest absolute Gasteiger partial charge is 0.322 e. The number of hydrogen-bond acceptors (Lipinski definition) is 3. The molecule has 20 heavy (non-hydrogen) atoms. The molecule has 0 radical (unpaired) electrons. The van der Waals surface area contributed by atoms with Crippen LogP contribution >= 0.6 is 15.9 Å². The Morgan fingerprint density at radius 2 is 2.05 bits per heavy atom. The predicted octanol–water partition coefficient (Wildman–Crippen LogP) is 1.52. The van der Waals surface area contributed by atoms with E-state index in [4.69, 9.17) is 0 Å². The number of hydrogen-bond donors (Lipinski definition) is 1. The first-order chi connectivity index (χ1) is 9.49. The predicted molar refractivity (Wildman–Crippen MR) is 74.9 cm³/mol. The minimum absolute atomic E-state index is 0.134. The highest BCUT2D eigenvalue weighted by Gasteiger charge is 2.39. The Balaban J connectivity index is 1.92. The van der Waals surface area contributed by atoms with Gasteiger partial charge in [-0.3, -0.25) is 19.7 Å². The van der Waals surface area contributed by atoms with E-state index in [1.54, 1.807) is 11.0 Å². The van der Waals surface area contributed by atoms with Gasteiger partial charge in [-0.25, -0.2) is 0 Å². The molecular formula is C14H13BrN2O3. The topological polar surface area (TPSA) is 66.5 Å². The Kier molecular flexibility index (Phi) is 3.12. The van der Waals surface area contributed by atoms with Crippen molar-refractivity contribution in [1.29, 1.82) is 0 Å². The lowest BCUT2D eigenvalue weighted by Crippen LogP contribution is -2.52.